The number of hydrogen-bond donors (Lipinski definition) is 2. The van der Waals surface area contributed by atoms with E-state index in [1.807, 2.05) is 30.3 Å². The number of benzene rings is 4. The van der Waals surface area contributed by atoms with Crippen molar-refractivity contribution in [2.75, 3.05) is 26.2 Å². The van der Waals surface area contributed by atoms with Gasteiger partial charge in [0.25, 0.3) is 5.69 Å². The lowest BCUT2D eigenvalue weighted by molar-refractivity contribution is -0.384. The summed E-state index contributed by atoms with van der Waals surface area (Å²) in [5.41, 5.74) is 6.15. The normalized spacial score (nSPS) is 17.1. The molecule has 1 fully saturated rings. The molecule has 2 heterocycles. The first kappa shape index (κ1) is 35.1. The monoisotopic (exact) mass is 677 g/mol. The fourth-order valence-electron chi connectivity index (χ4n) is 7.17. The maximum atomic E-state index is 12.9. The highest BCUT2D eigenvalue weighted by Crippen LogP contribution is 2.42. The highest BCUT2D eigenvalue weighted by molar-refractivity contribution is 5.85. The van der Waals surface area contributed by atoms with Gasteiger partial charge in [0.15, 0.2) is 0 Å². The van der Waals surface area contributed by atoms with Crippen LogP contribution in [0.5, 0.6) is 0 Å². The molecular formula is C39H40ClN5O4. The van der Waals surface area contributed by atoms with Crippen molar-refractivity contribution in [3.8, 4) is 0 Å². The average molecular weight is 678 g/mol. The number of rotatable bonds is 13. The van der Waals surface area contributed by atoms with Crippen LogP contribution in [-0.2, 0) is 15.0 Å². The number of likely N-dealkylation sites (tertiary alicyclic amines) is 1. The summed E-state index contributed by atoms with van der Waals surface area (Å²) in [6.07, 6.45) is 5.90. The molecule has 0 bridgehead atoms. The van der Waals surface area contributed by atoms with Gasteiger partial charge in [-0.1, -0.05) is 103 Å². The number of nitro groups is 1. The molecule has 2 N–H and O–H groups in total. The zero-order chi connectivity index (χ0) is 33.3. The summed E-state index contributed by atoms with van der Waals surface area (Å²) in [5, 5.41) is 17.5. The lowest BCUT2D eigenvalue weighted by Gasteiger charge is -2.43. The average Bonchev–Trinajstić information content (AvgIpc) is 3.15. The highest BCUT2D eigenvalue weighted by Gasteiger charge is 2.38. The van der Waals surface area contributed by atoms with E-state index in [-0.39, 0.29) is 23.5 Å². The molecule has 0 saturated carbocycles. The van der Waals surface area contributed by atoms with Crippen LogP contribution in [0.4, 0.5) is 5.69 Å². The molecule has 0 aromatic heterocycles. The van der Waals surface area contributed by atoms with Crippen molar-refractivity contribution in [1.29, 1.82) is 0 Å². The predicted octanol–water partition coefficient (Wildman–Crippen LogP) is 6.59. The second-order valence-corrected chi connectivity index (χ2v) is 12.2. The zero-order valence-electron chi connectivity index (χ0n) is 27.1. The number of amides is 2. The van der Waals surface area contributed by atoms with Crippen LogP contribution in [0.15, 0.2) is 133 Å². The van der Waals surface area contributed by atoms with Crippen molar-refractivity contribution in [3.63, 3.8) is 0 Å². The first-order valence-electron chi connectivity index (χ1n) is 16.3. The highest BCUT2D eigenvalue weighted by atomic mass is 35.5. The van der Waals surface area contributed by atoms with Crippen molar-refractivity contribution >= 4 is 36.6 Å². The number of carbonyl (C=O) groups is 2. The third kappa shape index (κ3) is 7.58. The Morgan fingerprint density at radius 3 is 1.96 bits per heavy atom. The van der Waals surface area contributed by atoms with E-state index in [0.29, 0.717) is 29.9 Å². The lowest BCUT2D eigenvalue weighted by atomic mass is 9.68. The van der Waals surface area contributed by atoms with E-state index in [2.05, 4.69) is 76.2 Å². The molecule has 9 nitrogen and oxygen atoms in total. The van der Waals surface area contributed by atoms with Gasteiger partial charge in [-0.05, 0) is 61.2 Å². The maximum Gasteiger partial charge on any atom is 0.269 e. The quantitative estimate of drug-likeness (QED) is 0.0940. The standard InChI is InChI=1S/C39H39N5O4.ClH/c45-28-41-35-27-40-37(31-11-4-1-5-12-31)38(36(35)30-17-19-34(20-18-30)44(47)48)43(29-46)24-10-23-42-25-21-39(22-26-42,32-13-6-2-7-14-32)33-15-8-3-9-16-33;/h1-9,11-20,27-29,36,40H,10,21-26H2,(H,41,45);1H. The first-order valence-corrected chi connectivity index (χ1v) is 16.3. The SMILES string of the molecule is Cl.O=CNC1=CNC(c2ccccc2)=C(N(C=O)CCCN2CCC(c3ccccc3)(c3ccccc3)CC2)C1c1ccc([N+](=O)[O-])cc1. The lowest BCUT2D eigenvalue weighted by Crippen LogP contribution is -2.44. The van der Waals surface area contributed by atoms with Crippen molar-refractivity contribution in [3.05, 3.63) is 165 Å². The van der Waals surface area contributed by atoms with Crippen LogP contribution < -0.4 is 10.6 Å². The minimum Gasteiger partial charge on any atom is -0.358 e. The first-order chi connectivity index (χ1) is 23.5. The molecule has 1 atom stereocenters. The van der Waals surface area contributed by atoms with E-state index >= 15 is 0 Å². The molecule has 0 radical (unpaired) electrons. The number of hydrogen-bond acceptors (Lipinski definition) is 6. The van der Waals surface area contributed by atoms with Crippen molar-refractivity contribution in [1.82, 2.24) is 20.4 Å². The molecule has 10 heteroatoms. The number of nitrogens with one attached hydrogen (secondary N) is 2. The summed E-state index contributed by atoms with van der Waals surface area (Å²) >= 11 is 0. The summed E-state index contributed by atoms with van der Waals surface area (Å²) in [4.78, 5) is 39.7. The molecule has 2 aliphatic rings. The Bertz CT molecular complexity index is 1730. The van der Waals surface area contributed by atoms with E-state index in [1.54, 1.807) is 23.2 Å². The molecule has 49 heavy (non-hydrogen) atoms. The van der Waals surface area contributed by atoms with Gasteiger partial charge in [-0.3, -0.25) is 19.7 Å². The number of nitrogens with zero attached hydrogens (tertiary/aromatic N) is 3. The third-order valence-electron chi connectivity index (χ3n) is 9.61. The van der Waals surface area contributed by atoms with Crippen LogP contribution in [0.2, 0.25) is 0 Å². The van der Waals surface area contributed by atoms with Gasteiger partial charge in [0.05, 0.1) is 22.2 Å². The van der Waals surface area contributed by atoms with Gasteiger partial charge in [-0.2, -0.15) is 0 Å². The molecule has 1 saturated heterocycles. The zero-order valence-corrected chi connectivity index (χ0v) is 27.9. The topological polar surface area (TPSA) is 108 Å². The molecular weight excluding hydrogens is 638 g/mol. The molecule has 0 aliphatic carbocycles. The third-order valence-corrected chi connectivity index (χ3v) is 9.61. The van der Waals surface area contributed by atoms with Gasteiger partial charge in [0, 0.05) is 36.0 Å². The molecule has 2 aliphatic heterocycles. The van der Waals surface area contributed by atoms with E-state index in [9.17, 15) is 19.7 Å². The Morgan fingerprint density at radius 2 is 1.43 bits per heavy atom. The van der Waals surface area contributed by atoms with Gasteiger partial charge in [-0.25, -0.2) is 0 Å². The van der Waals surface area contributed by atoms with Crippen molar-refractivity contribution in [2.45, 2.75) is 30.6 Å². The second-order valence-electron chi connectivity index (χ2n) is 12.2. The van der Waals surface area contributed by atoms with E-state index in [1.165, 1.54) is 23.3 Å². The predicted molar refractivity (Wildman–Crippen MR) is 194 cm³/mol. The number of non-ortho nitro benzene ring substituents is 1. The van der Waals surface area contributed by atoms with E-state index in [4.69, 9.17) is 0 Å². The van der Waals surface area contributed by atoms with Crippen molar-refractivity contribution in [2.24, 2.45) is 0 Å². The van der Waals surface area contributed by atoms with Gasteiger partial charge in [0.2, 0.25) is 12.8 Å². The number of nitro benzene ring substituents is 1. The molecule has 1 unspecified atom stereocenters. The summed E-state index contributed by atoms with van der Waals surface area (Å²) in [6, 6.07) is 37.5. The molecule has 252 valence electrons. The second kappa shape index (κ2) is 16.2. The Kier molecular flexibility index (Phi) is 11.6. The van der Waals surface area contributed by atoms with E-state index in [0.717, 1.165) is 56.6 Å². The summed E-state index contributed by atoms with van der Waals surface area (Å²) < 4.78 is 0. The Balaban J connectivity index is 0.00000468. The number of piperidine rings is 1. The van der Waals surface area contributed by atoms with Crippen LogP contribution in [0.1, 0.15) is 47.4 Å². The Hall–Kier alpha value is -5.25. The smallest absolute Gasteiger partial charge is 0.269 e. The van der Waals surface area contributed by atoms with Gasteiger partial charge < -0.3 is 20.4 Å². The largest absolute Gasteiger partial charge is 0.358 e. The van der Waals surface area contributed by atoms with Gasteiger partial charge in [0.1, 0.15) is 0 Å². The van der Waals surface area contributed by atoms with Crippen LogP contribution in [0, 0.1) is 10.1 Å². The van der Waals surface area contributed by atoms with Gasteiger partial charge in [-0.15, -0.1) is 12.4 Å². The number of halogens is 1. The van der Waals surface area contributed by atoms with Crippen molar-refractivity contribution < 1.29 is 14.5 Å². The van der Waals surface area contributed by atoms with Crippen LogP contribution in [-0.4, -0.2) is 53.7 Å². The Morgan fingerprint density at radius 1 is 0.857 bits per heavy atom. The summed E-state index contributed by atoms with van der Waals surface area (Å²) in [7, 11) is 0. The van der Waals surface area contributed by atoms with Crippen LogP contribution in [0.3, 0.4) is 0 Å². The molecule has 4 aromatic rings. The Labute approximate surface area is 292 Å². The maximum absolute atomic E-state index is 12.9. The number of carbonyl (C=O) groups excluding carboxylic acids is 2. The minimum atomic E-state index is -0.551. The molecule has 6 rings (SSSR count). The molecule has 0 spiro atoms. The summed E-state index contributed by atoms with van der Waals surface area (Å²) in [5.74, 6) is -0.551. The van der Waals surface area contributed by atoms with E-state index < -0.39 is 10.8 Å². The molecule has 2 amide bonds. The number of dihydropyridines is 1. The van der Waals surface area contributed by atoms with Crippen LogP contribution in [0.25, 0.3) is 5.70 Å². The van der Waals surface area contributed by atoms with Gasteiger partial charge >= 0.3 is 0 Å². The summed E-state index contributed by atoms with van der Waals surface area (Å²) in [6.45, 7) is 3.15. The molecule has 4 aromatic carbocycles. The fraction of sp³-hybridized carbons (Fsp3) is 0.231. The van der Waals surface area contributed by atoms with Crippen LogP contribution >= 0.6 is 12.4 Å². The minimum absolute atomic E-state index is 0. The fourth-order valence-corrected chi connectivity index (χ4v) is 7.17.